The molecule has 3 N–H and O–H groups in total. The Bertz CT molecular complexity index is 675. The minimum Gasteiger partial charge on any atom is -0.324 e. The molecule has 0 unspecified atom stereocenters. The van der Waals surface area contributed by atoms with E-state index in [4.69, 9.17) is 16.7 Å². The first-order valence-electron chi connectivity index (χ1n) is 5.13. The molecule has 2 rings (SSSR count). The monoisotopic (exact) mass is 299 g/mol. The molecule has 0 fully saturated rings. The fraction of sp³-hybridized carbons (Fsp3) is 0.100. The Morgan fingerprint density at radius 3 is 2.47 bits per heavy atom. The van der Waals surface area contributed by atoms with Gasteiger partial charge in [-0.15, -0.1) is 0 Å². The van der Waals surface area contributed by atoms with Gasteiger partial charge in [0.25, 0.3) is 0 Å². The Balaban J connectivity index is 2.11. The summed E-state index contributed by atoms with van der Waals surface area (Å²) in [6.45, 7) is 0. The van der Waals surface area contributed by atoms with Crippen molar-refractivity contribution in [1.29, 1.82) is 0 Å². The second kappa shape index (κ2) is 5.47. The molecular formula is C10H10ClN5O2S. The standard InChI is InChI=1S/C10H10ClN5O2S/c11-9-13-6-14-10(16-9)15-8-3-1-7(2-4-8)5-19(12,17)18/h1-4,6H,5H2,(H2,12,17,18)(H,13,14,15,16). The summed E-state index contributed by atoms with van der Waals surface area (Å²) in [5, 5.41) is 7.95. The van der Waals surface area contributed by atoms with Crippen LogP contribution in [0.15, 0.2) is 30.6 Å². The van der Waals surface area contributed by atoms with Crippen molar-refractivity contribution < 1.29 is 8.42 Å². The van der Waals surface area contributed by atoms with E-state index >= 15 is 0 Å². The van der Waals surface area contributed by atoms with Gasteiger partial charge in [0.1, 0.15) is 6.33 Å². The number of halogens is 1. The van der Waals surface area contributed by atoms with E-state index in [1.165, 1.54) is 6.33 Å². The van der Waals surface area contributed by atoms with E-state index in [0.717, 1.165) is 0 Å². The number of sulfonamides is 1. The molecule has 0 spiro atoms. The molecule has 0 aliphatic rings. The van der Waals surface area contributed by atoms with Crippen LogP contribution in [0.4, 0.5) is 11.6 Å². The molecule has 0 radical (unpaired) electrons. The number of hydrogen-bond acceptors (Lipinski definition) is 6. The largest absolute Gasteiger partial charge is 0.324 e. The van der Waals surface area contributed by atoms with Gasteiger partial charge < -0.3 is 5.32 Å². The number of aromatic nitrogens is 3. The maximum Gasteiger partial charge on any atom is 0.231 e. The van der Waals surface area contributed by atoms with E-state index in [2.05, 4.69) is 20.3 Å². The first-order valence-corrected chi connectivity index (χ1v) is 7.23. The van der Waals surface area contributed by atoms with Gasteiger partial charge in [-0.25, -0.2) is 23.5 Å². The highest BCUT2D eigenvalue weighted by Gasteiger charge is 2.05. The van der Waals surface area contributed by atoms with Crippen molar-refractivity contribution in [3.8, 4) is 0 Å². The summed E-state index contributed by atoms with van der Waals surface area (Å²) in [4.78, 5) is 11.4. The number of primary sulfonamides is 1. The van der Waals surface area contributed by atoms with E-state index in [1.54, 1.807) is 24.3 Å². The molecule has 1 aromatic heterocycles. The number of anilines is 2. The highest BCUT2D eigenvalue weighted by atomic mass is 35.5. The summed E-state index contributed by atoms with van der Waals surface area (Å²) in [7, 11) is -3.53. The minimum absolute atomic E-state index is 0.0864. The lowest BCUT2D eigenvalue weighted by atomic mass is 10.2. The second-order valence-electron chi connectivity index (χ2n) is 3.71. The fourth-order valence-corrected chi connectivity index (χ4v) is 2.16. The molecule has 0 saturated carbocycles. The van der Waals surface area contributed by atoms with Crippen LogP contribution < -0.4 is 10.5 Å². The van der Waals surface area contributed by atoms with Crippen LogP contribution in [0, 0.1) is 0 Å². The first-order chi connectivity index (χ1) is 8.92. The second-order valence-corrected chi connectivity index (χ2v) is 5.66. The normalized spacial score (nSPS) is 11.3. The zero-order chi connectivity index (χ0) is 13.9. The lowest BCUT2D eigenvalue weighted by Gasteiger charge is -2.05. The number of nitrogens with two attached hydrogens (primary N) is 1. The molecule has 9 heteroatoms. The Labute approximate surface area is 114 Å². The summed E-state index contributed by atoms with van der Waals surface area (Å²) in [5.41, 5.74) is 1.29. The maximum absolute atomic E-state index is 10.9. The van der Waals surface area contributed by atoms with Crippen molar-refractivity contribution in [2.45, 2.75) is 5.75 Å². The van der Waals surface area contributed by atoms with Gasteiger partial charge in [0.05, 0.1) is 5.75 Å². The smallest absolute Gasteiger partial charge is 0.231 e. The SMILES string of the molecule is NS(=O)(=O)Cc1ccc(Nc2ncnc(Cl)n2)cc1. The van der Waals surface area contributed by atoms with Crippen molar-refractivity contribution >= 4 is 33.3 Å². The molecule has 100 valence electrons. The Morgan fingerprint density at radius 1 is 1.21 bits per heavy atom. The van der Waals surface area contributed by atoms with E-state index in [-0.39, 0.29) is 11.0 Å². The van der Waals surface area contributed by atoms with Crippen molar-refractivity contribution in [2.75, 3.05) is 5.32 Å². The Morgan fingerprint density at radius 2 is 1.89 bits per heavy atom. The molecule has 0 saturated heterocycles. The summed E-state index contributed by atoms with van der Waals surface area (Å²) >= 11 is 5.63. The number of hydrogen-bond donors (Lipinski definition) is 2. The van der Waals surface area contributed by atoms with Crippen LogP contribution in [0.1, 0.15) is 5.56 Å². The molecule has 0 amide bonds. The molecule has 1 heterocycles. The predicted molar refractivity (Wildman–Crippen MR) is 71.4 cm³/mol. The van der Waals surface area contributed by atoms with E-state index in [0.29, 0.717) is 17.2 Å². The van der Waals surface area contributed by atoms with Crippen molar-refractivity contribution in [3.05, 3.63) is 41.4 Å². The zero-order valence-electron chi connectivity index (χ0n) is 9.62. The lowest BCUT2D eigenvalue weighted by Crippen LogP contribution is -2.14. The van der Waals surface area contributed by atoms with Gasteiger partial charge in [-0.3, -0.25) is 0 Å². The van der Waals surface area contributed by atoms with Crippen molar-refractivity contribution in [1.82, 2.24) is 15.0 Å². The van der Waals surface area contributed by atoms with Crippen molar-refractivity contribution in [3.63, 3.8) is 0 Å². The average Bonchev–Trinajstić information content (AvgIpc) is 2.30. The van der Waals surface area contributed by atoms with E-state index in [9.17, 15) is 8.42 Å². The molecule has 0 aliphatic carbocycles. The summed E-state index contributed by atoms with van der Waals surface area (Å²) in [6, 6.07) is 6.68. The molecule has 2 aromatic rings. The third-order valence-corrected chi connectivity index (χ3v) is 3.04. The van der Waals surface area contributed by atoms with Gasteiger partial charge in [-0.1, -0.05) is 12.1 Å². The van der Waals surface area contributed by atoms with Crippen LogP contribution in [-0.2, 0) is 15.8 Å². The van der Waals surface area contributed by atoms with Crippen LogP contribution >= 0.6 is 11.6 Å². The van der Waals surface area contributed by atoms with Gasteiger partial charge in [0.15, 0.2) is 0 Å². The molecule has 19 heavy (non-hydrogen) atoms. The van der Waals surface area contributed by atoms with Crippen LogP contribution in [-0.4, -0.2) is 23.4 Å². The number of nitrogens with zero attached hydrogens (tertiary/aromatic N) is 3. The Kier molecular flexibility index (Phi) is 3.93. The van der Waals surface area contributed by atoms with Crippen LogP contribution in [0.2, 0.25) is 5.28 Å². The molecule has 0 bridgehead atoms. The van der Waals surface area contributed by atoms with Crippen LogP contribution in [0.25, 0.3) is 0 Å². The van der Waals surface area contributed by atoms with Crippen LogP contribution in [0.5, 0.6) is 0 Å². The highest BCUT2D eigenvalue weighted by molar-refractivity contribution is 7.88. The van der Waals surface area contributed by atoms with Gasteiger partial charge in [-0.2, -0.15) is 4.98 Å². The van der Waals surface area contributed by atoms with E-state index < -0.39 is 10.0 Å². The summed E-state index contributed by atoms with van der Waals surface area (Å²) in [5.74, 6) is 0.101. The van der Waals surface area contributed by atoms with Gasteiger partial charge >= 0.3 is 0 Å². The van der Waals surface area contributed by atoms with Gasteiger partial charge in [0, 0.05) is 5.69 Å². The topological polar surface area (TPSA) is 111 Å². The number of benzene rings is 1. The maximum atomic E-state index is 10.9. The highest BCUT2D eigenvalue weighted by Crippen LogP contribution is 2.15. The van der Waals surface area contributed by atoms with Gasteiger partial charge in [-0.05, 0) is 29.3 Å². The number of nitrogens with one attached hydrogen (secondary N) is 1. The zero-order valence-corrected chi connectivity index (χ0v) is 11.2. The average molecular weight is 300 g/mol. The summed E-state index contributed by atoms with van der Waals surface area (Å²) in [6.07, 6.45) is 1.28. The predicted octanol–water partition coefficient (Wildman–Crippen LogP) is 1.06. The molecule has 1 aromatic carbocycles. The third-order valence-electron chi connectivity index (χ3n) is 2.12. The summed E-state index contributed by atoms with van der Waals surface area (Å²) < 4.78 is 21.9. The Hall–Kier alpha value is -1.77. The molecule has 0 atom stereocenters. The van der Waals surface area contributed by atoms with Gasteiger partial charge in [0.2, 0.25) is 21.3 Å². The third kappa shape index (κ3) is 4.43. The minimum atomic E-state index is -3.53. The number of rotatable bonds is 4. The molecule has 7 nitrogen and oxygen atoms in total. The fourth-order valence-electron chi connectivity index (χ4n) is 1.38. The van der Waals surface area contributed by atoms with E-state index in [1.807, 2.05) is 0 Å². The quantitative estimate of drug-likeness (QED) is 0.873. The molecular weight excluding hydrogens is 290 g/mol. The van der Waals surface area contributed by atoms with Crippen molar-refractivity contribution in [2.24, 2.45) is 5.14 Å². The lowest BCUT2D eigenvalue weighted by molar-refractivity contribution is 0.597. The van der Waals surface area contributed by atoms with Crippen LogP contribution in [0.3, 0.4) is 0 Å². The molecule has 0 aliphatic heterocycles. The first kappa shape index (κ1) is 13.7.